The third-order valence-corrected chi connectivity index (χ3v) is 3.58. The number of unbranched alkanes of at least 4 members (excludes halogenated alkanes) is 9. The Morgan fingerprint density at radius 1 is 0.727 bits per heavy atom. The number of carbonyl (C=O) groups is 1. The van der Waals surface area contributed by atoms with Crippen molar-refractivity contribution < 1.29 is 9.90 Å². The van der Waals surface area contributed by atoms with Crippen LogP contribution >= 0.6 is 0 Å². The molecule has 126 valence electrons. The molecule has 2 nitrogen and oxygen atoms in total. The van der Waals surface area contributed by atoms with Crippen LogP contribution < -0.4 is 0 Å². The topological polar surface area (TPSA) is 37.3 Å². The predicted octanol–water partition coefficient (Wildman–Crippen LogP) is 6.44. The van der Waals surface area contributed by atoms with Gasteiger partial charge in [0.1, 0.15) is 0 Å². The molecule has 0 bridgehead atoms. The lowest BCUT2D eigenvalue weighted by atomic mass is 10.1. The highest BCUT2D eigenvalue weighted by atomic mass is 16.4. The molecule has 0 aromatic rings. The van der Waals surface area contributed by atoms with Crippen molar-refractivity contribution in [2.24, 2.45) is 0 Å². The molecule has 0 heterocycles. The summed E-state index contributed by atoms with van der Waals surface area (Å²) < 4.78 is 0. The molecule has 22 heavy (non-hydrogen) atoms. The summed E-state index contributed by atoms with van der Waals surface area (Å²) in [7, 11) is 0. The molecule has 0 aliphatic heterocycles. The van der Waals surface area contributed by atoms with Crippen LogP contribution in [-0.4, -0.2) is 11.1 Å². The number of hydrogen-bond acceptors (Lipinski definition) is 1. The number of rotatable bonds is 15. The molecule has 0 unspecified atom stereocenters. The highest BCUT2D eigenvalue weighted by Crippen LogP contribution is 2.08. The summed E-state index contributed by atoms with van der Waals surface area (Å²) >= 11 is 0. The van der Waals surface area contributed by atoms with Gasteiger partial charge in [-0.3, -0.25) is 0 Å². The summed E-state index contributed by atoms with van der Waals surface area (Å²) in [5.41, 5.74) is 0. The lowest BCUT2D eigenvalue weighted by Crippen LogP contribution is -1.85. The fourth-order valence-corrected chi connectivity index (χ4v) is 2.26. The van der Waals surface area contributed by atoms with Gasteiger partial charge in [0.2, 0.25) is 0 Å². The zero-order valence-electron chi connectivity index (χ0n) is 14.3. The fourth-order valence-electron chi connectivity index (χ4n) is 2.26. The van der Waals surface area contributed by atoms with Gasteiger partial charge in [0.15, 0.2) is 0 Å². The number of carboxylic acid groups (broad SMARTS) is 1. The van der Waals surface area contributed by atoms with E-state index in [1.165, 1.54) is 63.9 Å². The van der Waals surface area contributed by atoms with Crippen molar-refractivity contribution in [3.05, 3.63) is 36.5 Å². The van der Waals surface area contributed by atoms with E-state index in [0.29, 0.717) is 0 Å². The Hall–Kier alpha value is -1.31. The first kappa shape index (κ1) is 20.7. The van der Waals surface area contributed by atoms with Crippen LogP contribution in [0.25, 0.3) is 0 Å². The van der Waals surface area contributed by atoms with Crippen molar-refractivity contribution in [1.29, 1.82) is 0 Å². The van der Waals surface area contributed by atoms with Gasteiger partial charge in [-0.05, 0) is 44.9 Å². The molecule has 0 radical (unpaired) electrons. The minimum absolute atomic E-state index is 0.845. The van der Waals surface area contributed by atoms with Crippen molar-refractivity contribution >= 4 is 5.97 Å². The van der Waals surface area contributed by atoms with Crippen LogP contribution in [0.4, 0.5) is 0 Å². The van der Waals surface area contributed by atoms with E-state index in [1.807, 2.05) is 0 Å². The lowest BCUT2D eigenvalue weighted by Gasteiger charge is -1.98. The monoisotopic (exact) mass is 306 g/mol. The van der Waals surface area contributed by atoms with Crippen molar-refractivity contribution in [3.63, 3.8) is 0 Å². The van der Waals surface area contributed by atoms with E-state index in [9.17, 15) is 4.79 Å². The molecular weight excluding hydrogens is 272 g/mol. The average molecular weight is 306 g/mol. The quantitative estimate of drug-likeness (QED) is 0.215. The van der Waals surface area contributed by atoms with Crippen molar-refractivity contribution in [1.82, 2.24) is 0 Å². The second-order valence-electron chi connectivity index (χ2n) is 5.76. The molecule has 2 heteroatoms. The molecular formula is C20H34O2. The Kier molecular flexibility index (Phi) is 16.7. The van der Waals surface area contributed by atoms with Crippen LogP contribution in [0.3, 0.4) is 0 Å². The maximum absolute atomic E-state index is 10.3. The summed E-state index contributed by atoms with van der Waals surface area (Å²) in [6.07, 6.45) is 26.6. The van der Waals surface area contributed by atoms with Gasteiger partial charge in [0, 0.05) is 6.08 Å². The Labute approximate surface area is 137 Å². The Bertz CT molecular complexity index is 327. The van der Waals surface area contributed by atoms with Gasteiger partial charge in [0.25, 0.3) is 0 Å². The molecule has 0 saturated carbocycles. The summed E-state index contributed by atoms with van der Waals surface area (Å²) in [5, 5.41) is 8.44. The molecule has 0 saturated heterocycles. The van der Waals surface area contributed by atoms with Crippen molar-refractivity contribution in [3.8, 4) is 0 Å². The normalized spacial score (nSPS) is 12.0. The Morgan fingerprint density at radius 3 is 1.77 bits per heavy atom. The zero-order chi connectivity index (χ0) is 16.3. The second-order valence-corrected chi connectivity index (χ2v) is 5.76. The van der Waals surface area contributed by atoms with Gasteiger partial charge in [-0.15, -0.1) is 0 Å². The van der Waals surface area contributed by atoms with E-state index in [2.05, 4.69) is 31.2 Å². The maximum atomic E-state index is 10.3. The number of aliphatic carboxylic acids is 1. The van der Waals surface area contributed by atoms with E-state index in [4.69, 9.17) is 5.11 Å². The van der Waals surface area contributed by atoms with E-state index in [-0.39, 0.29) is 0 Å². The fraction of sp³-hybridized carbons (Fsp3) is 0.650. The largest absolute Gasteiger partial charge is 0.478 e. The van der Waals surface area contributed by atoms with Crippen LogP contribution in [0.15, 0.2) is 36.5 Å². The molecule has 0 fully saturated rings. The first-order valence-corrected chi connectivity index (χ1v) is 8.96. The summed E-state index contributed by atoms with van der Waals surface area (Å²) in [5.74, 6) is -0.845. The van der Waals surface area contributed by atoms with Crippen molar-refractivity contribution in [2.45, 2.75) is 84.0 Å². The van der Waals surface area contributed by atoms with E-state index in [1.54, 1.807) is 6.08 Å². The van der Waals surface area contributed by atoms with E-state index < -0.39 is 5.97 Å². The number of hydrogen-bond donors (Lipinski definition) is 1. The van der Waals surface area contributed by atoms with Crippen molar-refractivity contribution in [2.75, 3.05) is 0 Å². The molecule has 0 aliphatic carbocycles. The first-order valence-electron chi connectivity index (χ1n) is 8.96. The number of allylic oxidation sites excluding steroid dienone is 5. The van der Waals surface area contributed by atoms with E-state index in [0.717, 1.165) is 19.3 Å². The van der Waals surface area contributed by atoms with Crippen LogP contribution in [0.1, 0.15) is 84.0 Å². The number of carboxylic acids is 1. The SMILES string of the molecule is CCCCCC=CCC=CCCCCCCCC=CC(=O)O. The van der Waals surface area contributed by atoms with Gasteiger partial charge in [-0.1, -0.05) is 69.4 Å². The molecule has 0 aromatic heterocycles. The second kappa shape index (κ2) is 17.7. The highest BCUT2D eigenvalue weighted by Gasteiger charge is 1.90. The molecule has 0 amide bonds. The summed E-state index contributed by atoms with van der Waals surface area (Å²) in [4.78, 5) is 10.3. The third-order valence-electron chi connectivity index (χ3n) is 3.58. The van der Waals surface area contributed by atoms with Crippen LogP contribution in [-0.2, 0) is 4.79 Å². The lowest BCUT2D eigenvalue weighted by molar-refractivity contribution is -0.131. The summed E-state index contributed by atoms with van der Waals surface area (Å²) in [6.45, 7) is 2.24. The molecule has 0 aliphatic rings. The predicted molar refractivity (Wildman–Crippen MR) is 96.1 cm³/mol. The third kappa shape index (κ3) is 18.7. The highest BCUT2D eigenvalue weighted by molar-refractivity contribution is 5.79. The van der Waals surface area contributed by atoms with Crippen LogP contribution in [0.2, 0.25) is 0 Å². The van der Waals surface area contributed by atoms with E-state index >= 15 is 0 Å². The maximum Gasteiger partial charge on any atom is 0.327 e. The van der Waals surface area contributed by atoms with Gasteiger partial charge in [-0.25, -0.2) is 4.79 Å². The zero-order valence-corrected chi connectivity index (χ0v) is 14.3. The van der Waals surface area contributed by atoms with Gasteiger partial charge < -0.3 is 5.11 Å². The van der Waals surface area contributed by atoms with Gasteiger partial charge in [-0.2, -0.15) is 0 Å². The summed E-state index contributed by atoms with van der Waals surface area (Å²) in [6, 6.07) is 0. The molecule has 0 aromatic carbocycles. The smallest absolute Gasteiger partial charge is 0.327 e. The molecule has 0 rings (SSSR count). The van der Waals surface area contributed by atoms with Gasteiger partial charge in [0.05, 0.1) is 0 Å². The minimum Gasteiger partial charge on any atom is -0.478 e. The van der Waals surface area contributed by atoms with Crippen LogP contribution in [0.5, 0.6) is 0 Å². The minimum atomic E-state index is -0.845. The van der Waals surface area contributed by atoms with Gasteiger partial charge >= 0.3 is 5.97 Å². The Morgan fingerprint density at radius 2 is 1.23 bits per heavy atom. The Balaban J connectivity index is 3.22. The molecule has 0 spiro atoms. The standard InChI is InChI=1S/C20H34O2/c1-2-3-4-5-6-7-8-9-10-11-12-13-14-15-16-17-18-19-20(21)22/h6-7,9-10,18-19H,2-5,8,11-17H2,1H3,(H,21,22). The molecule has 1 N–H and O–H groups in total. The molecule has 0 atom stereocenters. The average Bonchev–Trinajstić information content (AvgIpc) is 2.50. The van der Waals surface area contributed by atoms with Crippen LogP contribution in [0, 0.1) is 0 Å². The first-order chi connectivity index (χ1) is 10.8.